The highest BCUT2D eigenvalue weighted by Gasteiger charge is 2.19. The van der Waals surface area contributed by atoms with E-state index in [9.17, 15) is 9.90 Å². The van der Waals surface area contributed by atoms with E-state index in [1.807, 2.05) is 72.9 Å². The van der Waals surface area contributed by atoms with Crippen LogP contribution in [0.3, 0.4) is 0 Å². The van der Waals surface area contributed by atoms with E-state index in [-0.39, 0.29) is 12.3 Å². The van der Waals surface area contributed by atoms with Gasteiger partial charge in [-0.1, -0.05) is 54.1 Å². The molecule has 1 atom stereocenters. The molecule has 0 spiro atoms. The number of benzene rings is 3. The molecule has 4 aromatic rings. The van der Waals surface area contributed by atoms with Crippen molar-refractivity contribution in [3.05, 3.63) is 101 Å². The fourth-order valence-corrected chi connectivity index (χ4v) is 3.71. The summed E-state index contributed by atoms with van der Waals surface area (Å²) in [6.45, 7) is 0.443. The number of fused-ring (bicyclic) bond motifs is 1. The molecule has 1 aromatic heterocycles. The maximum atomic E-state index is 11.5. The molecule has 0 aliphatic carbocycles. The van der Waals surface area contributed by atoms with Gasteiger partial charge in [0.25, 0.3) is 0 Å². The Bertz CT molecular complexity index is 1140. The number of hydrogen-bond acceptors (Lipinski definition) is 3. The van der Waals surface area contributed by atoms with Crippen molar-refractivity contribution in [2.24, 2.45) is 0 Å². The molecule has 0 bridgehead atoms. The topological polar surface area (TPSA) is 65.2 Å². The normalized spacial score (nSPS) is 12.0. The Labute approximate surface area is 173 Å². The third kappa shape index (κ3) is 4.44. The largest absolute Gasteiger partial charge is 0.550 e. The number of nitrogens with one attached hydrogen (secondary N) is 1. The first-order chi connectivity index (χ1) is 14.1. The van der Waals surface area contributed by atoms with Gasteiger partial charge >= 0.3 is 0 Å². The maximum Gasteiger partial charge on any atom is 0.120 e. The molecule has 4 rings (SSSR count). The number of rotatable bonds is 7. The van der Waals surface area contributed by atoms with Crippen LogP contribution in [0.5, 0.6) is 5.75 Å². The minimum absolute atomic E-state index is 0.137. The van der Waals surface area contributed by atoms with E-state index >= 15 is 0 Å². The van der Waals surface area contributed by atoms with Gasteiger partial charge in [-0.3, -0.25) is 0 Å². The van der Waals surface area contributed by atoms with E-state index in [1.165, 1.54) is 0 Å². The van der Waals surface area contributed by atoms with Crippen molar-refractivity contribution in [3.63, 3.8) is 0 Å². The van der Waals surface area contributed by atoms with Gasteiger partial charge < -0.3 is 19.6 Å². The van der Waals surface area contributed by atoms with Crippen LogP contribution >= 0.6 is 11.6 Å². The molecule has 1 N–H and O–H groups in total. The Morgan fingerprint density at radius 2 is 1.86 bits per heavy atom. The number of aromatic nitrogens is 1. The number of ether oxygens (including phenoxy) is 1. The summed E-state index contributed by atoms with van der Waals surface area (Å²) in [6.07, 6.45) is 1.70. The smallest absolute Gasteiger partial charge is 0.120 e. The highest BCUT2D eigenvalue weighted by Crippen LogP contribution is 2.35. The van der Waals surface area contributed by atoms with Gasteiger partial charge in [-0.25, -0.2) is 0 Å². The zero-order valence-electron chi connectivity index (χ0n) is 15.6. The van der Waals surface area contributed by atoms with Crippen LogP contribution in [-0.4, -0.2) is 11.0 Å². The van der Waals surface area contributed by atoms with Gasteiger partial charge in [0.2, 0.25) is 0 Å². The van der Waals surface area contributed by atoms with Crippen LogP contribution in [-0.2, 0) is 11.4 Å². The average Bonchev–Trinajstić information content (AvgIpc) is 3.14. The van der Waals surface area contributed by atoms with Crippen molar-refractivity contribution >= 4 is 28.5 Å². The summed E-state index contributed by atoms with van der Waals surface area (Å²) in [5.74, 6) is -0.804. The first-order valence-corrected chi connectivity index (χ1v) is 9.71. The van der Waals surface area contributed by atoms with E-state index in [1.54, 1.807) is 6.07 Å². The van der Waals surface area contributed by atoms with E-state index in [4.69, 9.17) is 16.3 Å². The zero-order chi connectivity index (χ0) is 20.2. The fraction of sp³-hybridized carbons (Fsp3) is 0.125. The average molecular weight is 405 g/mol. The number of hydrogen-bond donors (Lipinski definition) is 1. The maximum absolute atomic E-state index is 11.5. The third-order valence-electron chi connectivity index (χ3n) is 4.93. The Balaban J connectivity index is 1.66. The molecule has 0 saturated carbocycles. The van der Waals surface area contributed by atoms with Crippen LogP contribution in [0.25, 0.3) is 10.9 Å². The standard InChI is InChI=1S/C24H20ClNO3/c25-18-9-10-23-21(12-18)22(14-26-23)20(13-24(27)28)17-7-4-8-19(11-17)29-15-16-5-2-1-3-6-16/h1-12,14,20,26H,13,15H2,(H,27,28)/p-1/t20-/m1/s1. The van der Waals surface area contributed by atoms with Crippen molar-refractivity contribution in [1.82, 2.24) is 4.98 Å². The van der Waals surface area contributed by atoms with Crippen LogP contribution in [0.1, 0.15) is 29.0 Å². The predicted octanol–water partition coefficient (Wildman–Crippen LogP) is 4.67. The highest BCUT2D eigenvalue weighted by atomic mass is 35.5. The summed E-state index contributed by atoms with van der Waals surface area (Å²) in [4.78, 5) is 14.7. The Morgan fingerprint density at radius 1 is 1.03 bits per heavy atom. The monoisotopic (exact) mass is 404 g/mol. The van der Waals surface area contributed by atoms with Crippen LogP contribution < -0.4 is 9.84 Å². The van der Waals surface area contributed by atoms with Crippen LogP contribution in [0.2, 0.25) is 5.02 Å². The molecule has 29 heavy (non-hydrogen) atoms. The molecule has 0 aliphatic heterocycles. The summed E-state index contributed by atoms with van der Waals surface area (Å²) < 4.78 is 5.92. The fourth-order valence-electron chi connectivity index (χ4n) is 3.54. The number of carboxylic acid groups (broad SMARTS) is 1. The summed E-state index contributed by atoms with van der Waals surface area (Å²) >= 11 is 6.17. The first kappa shape index (κ1) is 19.1. The van der Waals surface area contributed by atoms with E-state index in [0.717, 1.165) is 27.6 Å². The second-order valence-electron chi connectivity index (χ2n) is 6.91. The van der Waals surface area contributed by atoms with Gasteiger partial charge in [-0.05, 0) is 53.4 Å². The molecule has 3 aromatic carbocycles. The number of carbonyl (C=O) groups excluding carboxylic acids is 1. The lowest BCUT2D eigenvalue weighted by molar-refractivity contribution is -0.305. The van der Waals surface area contributed by atoms with Gasteiger partial charge in [0.05, 0.1) is 0 Å². The summed E-state index contributed by atoms with van der Waals surface area (Å²) in [5, 5.41) is 13.0. The lowest BCUT2D eigenvalue weighted by atomic mass is 9.88. The van der Waals surface area contributed by atoms with E-state index in [2.05, 4.69) is 4.98 Å². The molecule has 0 unspecified atom stereocenters. The van der Waals surface area contributed by atoms with Crippen molar-refractivity contribution in [1.29, 1.82) is 0 Å². The quantitative estimate of drug-likeness (QED) is 0.486. The Hall–Kier alpha value is -3.24. The molecule has 0 radical (unpaired) electrons. The number of carboxylic acids is 1. The van der Waals surface area contributed by atoms with Crippen molar-refractivity contribution in [3.8, 4) is 5.75 Å². The second-order valence-corrected chi connectivity index (χ2v) is 7.35. The Morgan fingerprint density at radius 3 is 2.66 bits per heavy atom. The summed E-state index contributed by atoms with van der Waals surface area (Å²) in [6, 6.07) is 23.0. The van der Waals surface area contributed by atoms with Crippen molar-refractivity contribution < 1.29 is 14.6 Å². The molecule has 4 nitrogen and oxygen atoms in total. The lowest BCUT2D eigenvalue weighted by Gasteiger charge is -2.19. The van der Waals surface area contributed by atoms with Crippen molar-refractivity contribution in [2.75, 3.05) is 0 Å². The van der Waals surface area contributed by atoms with Crippen LogP contribution in [0.15, 0.2) is 79.0 Å². The highest BCUT2D eigenvalue weighted by molar-refractivity contribution is 6.31. The number of carbonyl (C=O) groups is 1. The molecule has 146 valence electrons. The van der Waals surface area contributed by atoms with Crippen LogP contribution in [0.4, 0.5) is 0 Å². The molecular weight excluding hydrogens is 386 g/mol. The molecule has 0 amide bonds. The molecule has 1 heterocycles. The third-order valence-corrected chi connectivity index (χ3v) is 5.17. The van der Waals surface area contributed by atoms with Gasteiger partial charge in [0.1, 0.15) is 12.4 Å². The first-order valence-electron chi connectivity index (χ1n) is 9.33. The summed E-state index contributed by atoms with van der Waals surface area (Å²) in [5.41, 5.74) is 3.69. The molecular formula is C24H19ClNO3-. The van der Waals surface area contributed by atoms with Gasteiger partial charge in [-0.2, -0.15) is 0 Å². The predicted molar refractivity (Wildman–Crippen MR) is 112 cm³/mol. The number of aliphatic carboxylic acids is 1. The number of aromatic amines is 1. The lowest BCUT2D eigenvalue weighted by Crippen LogP contribution is -2.24. The number of H-pyrrole nitrogens is 1. The van der Waals surface area contributed by atoms with Crippen LogP contribution in [0, 0.1) is 0 Å². The van der Waals surface area contributed by atoms with Gasteiger partial charge in [-0.15, -0.1) is 0 Å². The minimum atomic E-state index is -1.11. The summed E-state index contributed by atoms with van der Waals surface area (Å²) in [7, 11) is 0. The Kier molecular flexibility index (Phi) is 5.54. The molecule has 0 fully saturated rings. The molecule has 5 heteroatoms. The van der Waals surface area contributed by atoms with Gasteiger partial charge in [0.15, 0.2) is 0 Å². The molecule has 0 saturated heterocycles. The molecule has 0 aliphatic rings. The van der Waals surface area contributed by atoms with E-state index in [0.29, 0.717) is 17.4 Å². The minimum Gasteiger partial charge on any atom is -0.550 e. The van der Waals surface area contributed by atoms with E-state index < -0.39 is 5.97 Å². The number of halogens is 1. The second kappa shape index (κ2) is 8.41. The zero-order valence-corrected chi connectivity index (χ0v) is 16.4. The van der Waals surface area contributed by atoms with Gasteiger partial charge in [0, 0.05) is 34.0 Å². The van der Waals surface area contributed by atoms with Crippen molar-refractivity contribution in [2.45, 2.75) is 18.9 Å². The SMILES string of the molecule is O=C([O-])C[C@H](c1cccc(OCc2ccccc2)c1)c1c[nH]c2ccc(Cl)cc12.